The minimum Gasteiger partial charge on any atom is -0.452 e. The highest BCUT2D eigenvalue weighted by molar-refractivity contribution is 6.01. The number of ether oxygens (including phenoxy) is 2. The predicted molar refractivity (Wildman–Crippen MR) is 116 cm³/mol. The van der Waals surface area contributed by atoms with Crippen LogP contribution in [-0.2, 0) is 9.47 Å². The Balaban J connectivity index is 1.51. The van der Waals surface area contributed by atoms with Crippen molar-refractivity contribution >= 4 is 23.6 Å². The fourth-order valence-corrected chi connectivity index (χ4v) is 4.59. The lowest BCUT2D eigenvalue weighted by Gasteiger charge is -2.40. The van der Waals surface area contributed by atoms with Gasteiger partial charge in [-0.1, -0.05) is 6.07 Å². The van der Waals surface area contributed by atoms with E-state index in [0.717, 1.165) is 49.7 Å². The zero-order valence-corrected chi connectivity index (χ0v) is 18.0. The summed E-state index contributed by atoms with van der Waals surface area (Å²) in [6, 6.07) is 6.05. The number of carbonyl (C=O) groups excluding carboxylic acids is 2. The zero-order valence-electron chi connectivity index (χ0n) is 18.0. The van der Waals surface area contributed by atoms with Gasteiger partial charge in [0.1, 0.15) is 6.10 Å². The van der Waals surface area contributed by atoms with Crippen molar-refractivity contribution < 1.29 is 19.1 Å². The highest BCUT2D eigenvalue weighted by Crippen LogP contribution is 2.41. The van der Waals surface area contributed by atoms with E-state index in [4.69, 9.17) is 9.47 Å². The Hall–Kier alpha value is -3.03. The summed E-state index contributed by atoms with van der Waals surface area (Å²) in [5.74, 6) is 0. The third kappa shape index (κ3) is 3.75. The smallest absolute Gasteiger partial charge is 0.414 e. The van der Waals surface area contributed by atoms with Gasteiger partial charge in [-0.05, 0) is 63.1 Å². The molecule has 0 spiro atoms. The lowest BCUT2D eigenvalue weighted by atomic mass is 10.0. The van der Waals surface area contributed by atoms with E-state index in [2.05, 4.69) is 5.10 Å². The van der Waals surface area contributed by atoms with Crippen molar-refractivity contribution in [1.82, 2.24) is 9.78 Å². The molecule has 5 rings (SSSR count). The lowest BCUT2D eigenvalue weighted by Crippen LogP contribution is -2.52. The maximum atomic E-state index is 13.1. The number of amides is 2. The molecule has 31 heavy (non-hydrogen) atoms. The van der Waals surface area contributed by atoms with Gasteiger partial charge in [0.25, 0.3) is 0 Å². The minimum absolute atomic E-state index is 0.0233. The Morgan fingerprint density at radius 2 is 1.81 bits per heavy atom. The molecule has 1 aliphatic heterocycles. The summed E-state index contributed by atoms with van der Waals surface area (Å²) in [6.07, 6.45) is 9.43. The lowest BCUT2D eigenvalue weighted by molar-refractivity contribution is 0.107. The fraction of sp³-hybridized carbons (Fsp3) is 0.522. The summed E-state index contributed by atoms with van der Waals surface area (Å²) >= 11 is 0. The van der Waals surface area contributed by atoms with Gasteiger partial charge in [-0.15, -0.1) is 0 Å². The van der Waals surface area contributed by atoms with E-state index in [9.17, 15) is 9.59 Å². The molecule has 2 aliphatic carbocycles. The number of methoxy groups -OCH3 is 1. The standard InChI is InChI=1S/C23H28N4O4/c1-15-13-25(22(28)31-19-5-3-4-6-19)21-11-16(7-10-20(21)27(15)23(29)30-2)17-12-24-26(14-17)18-8-9-18/h7,10-12,14-15,18-19H,3-6,8-9,13H2,1-2H3/t15-/m0/s1. The van der Waals surface area contributed by atoms with E-state index >= 15 is 0 Å². The van der Waals surface area contributed by atoms with Crippen LogP contribution in [0.2, 0.25) is 0 Å². The van der Waals surface area contributed by atoms with E-state index in [-0.39, 0.29) is 18.2 Å². The summed E-state index contributed by atoms with van der Waals surface area (Å²) < 4.78 is 12.8. The predicted octanol–water partition coefficient (Wildman–Crippen LogP) is 4.75. The van der Waals surface area contributed by atoms with Gasteiger partial charge in [0.15, 0.2) is 0 Å². The van der Waals surface area contributed by atoms with E-state index in [1.165, 1.54) is 7.11 Å². The van der Waals surface area contributed by atoms with Crippen molar-refractivity contribution in [2.75, 3.05) is 23.5 Å². The molecule has 8 heteroatoms. The Labute approximate surface area is 181 Å². The first kappa shape index (κ1) is 19.9. The second kappa shape index (κ2) is 7.90. The maximum Gasteiger partial charge on any atom is 0.414 e. The zero-order chi connectivity index (χ0) is 21.5. The molecule has 0 saturated heterocycles. The average molecular weight is 425 g/mol. The van der Waals surface area contributed by atoms with E-state index in [0.29, 0.717) is 24.0 Å². The number of anilines is 2. The van der Waals surface area contributed by atoms with Crippen LogP contribution >= 0.6 is 0 Å². The summed E-state index contributed by atoms with van der Waals surface area (Å²) in [7, 11) is 1.37. The van der Waals surface area contributed by atoms with Crippen LogP contribution in [0.5, 0.6) is 0 Å². The number of hydrogen-bond donors (Lipinski definition) is 0. The molecular formula is C23H28N4O4. The first-order chi connectivity index (χ1) is 15.0. The highest BCUT2D eigenvalue weighted by atomic mass is 16.6. The normalized spacial score (nSPS) is 21.2. The first-order valence-corrected chi connectivity index (χ1v) is 11.1. The number of hydrogen-bond acceptors (Lipinski definition) is 5. The van der Waals surface area contributed by atoms with Crippen LogP contribution in [0, 0.1) is 0 Å². The maximum absolute atomic E-state index is 13.1. The van der Waals surface area contributed by atoms with E-state index < -0.39 is 6.09 Å². The Morgan fingerprint density at radius 1 is 1.03 bits per heavy atom. The molecular weight excluding hydrogens is 396 g/mol. The average Bonchev–Trinajstić information content (AvgIpc) is 3.28. The number of carbonyl (C=O) groups is 2. The molecule has 0 bridgehead atoms. The van der Waals surface area contributed by atoms with Gasteiger partial charge < -0.3 is 9.47 Å². The van der Waals surface area contributed by atoms with Gasteiger partial charge in [0.2, 0.25) is 0 Å². The van der Waals surface area contributed by atoms with Crippen LogP contribution in [-0.4, -0.2) is 47.8 Å². The van der Waals surface area contributed by atoms with Gasteiger partial charge in [0.05, 0.1) is 43.3 Å². The van der Waals surface area contributed by atoms with Crippen LogP contribution in [0.15, 0.2) is 30.6 Å². The van der Waals surface area contributed by atoms with E-state index in [1.807, 2.05) is 42.2 Å². The Kier molecular flexibility index (Phi) is 5.08. The minimum atomic E-state index is -0.438. The van der Waals surface area contributed by atoms with Crippen molar-refractivity contribution in [2.24, 2.45) is 0 Å². The van der Waals surface area contributed by atoms with Crippen LogP contribution in [0.25, 0.3) is 11.1 Å². The van der Waals surface area contributed by atoms with Crippen LogP contribution in [0.1, 0.15) is 51.5 Å². The molecule has 2 saturated carbocycles. The third-order valence-corrected chi connectivity index (χ3v) is 6.43. The van der Waals surface area contributed by atoms with Crippen molar-refractivity contribution in [3.05, 3.63) is 30.6 Å². The number of benzene rings is 1. The molecule has 2 aromatic rings. The molecule has 2 amide bonds. The van der Waals surface area contributed by atoms with Gasteiger partial charge >= 0.3 is 12.2 Å². The van der Waals surface area contributed by atoms with Gasteiger partial charge in [-0.2, -0.15) is 5.10 Å². The molecule has 2 heterocycles. The topological polar surface area (TPSA) is 76.9 Å². The van der Waals surface area contributed by atoms with Gasteiger partial charge in [-0.25, -0.2) is 9.59 Å². The van der Waals surface area contributed by atoms with Crippen molar-refractivity contribution in [2.45, 2.75) is 63.6 Å². The molecule has 0 radical (unpaired) electrons. The molecule has 0 N–H and O–H groups in total. The summed E-state index contributed by atoms with van der Waals surface area (Å²) in [4.78, 5) is 28.9. The highest BCUT2D eigenvalue weighted by Gasteiger charge is 2.37. The molecule has 0 unspecified atom stereocenters. The number of rotatable bonds is 3. The first-order valence-electron chi connectivity index (χ1n) is 11.1. The molecule has 164 valence electrons. The summed E-state index contributed by atoms with van der Waals surface area (Å²) in [5.41, 5.74) is 3.24. The second-order valence-corrected chi connectivity index (χ2v) is 8.73. The molecule has 2 fully saturated rings. The van der Waals surface area contributed by atoms with Crippen molar-refractivity contribution in [3.8, 4) is 11.1 Å². The third-order valence-electron chi connectivity index (χ3n) is 6.43. The Morgan fingerprint density at radius 3 is 2.52 bits per heavy atom. The number of aromatic nitrogens is 2. The molecule has 1 atom stereocenters. The largest absolute Gasteiger partial charge is 0.452 e. The van der Waals surface area contributed by atoms with Crippen molar-refractivity contribution in [1.29, 1.82) is 0 Å². The number of nitrogens with zero attached hydrogens (tertiary/aromatic N) is 4. The monoisotopic (exact) mass is 424 g/mol. The van der Waals surface area contributed by atoms with Gasteiger partial charge in [0, 0.05) is 11.8 Å². The SMILES string of the molecule is COC(=O)N1c2ccc(-c3cnn(C4CC4)c3)cc2N(C(=O)OC2CCCC2)C[C@@H]1C. The van der Waals surface area contributed by atoms with E-state index in [1.54, 1.807) is 9.80 Å². The summed E-state index contributed by atoms with van der Waals surface area (Å²) in [5, 5.41) is 4.48. The van der Waals surface area contributed by atoms with Crippen LogP contribution in [0.3, 0.4) is 0 Å². The second-order valence-electron chi connectivity index (χ2n) is 8.73. The van der Waals surface area contributed by atoms with Gasteiger partial charge in [-0.3, -0.25) is 14.5 Å². The Bertz CT molecular complexity index is 993. The molecule has 3 aliphatic rings. The van der Waals surface area contributed by atoms with Crippen LogP contribution < -0.4 is 9.80 Å². The number of fused-ring (bicyclic) bond motifs is 1. The quantitative estimate of drug-likeness (QED) is 0.711. The van der Waals surface area contributed by atoms with Crippen LogP contribution in [0.4, 0.5) is 21.0 Å². The molecule has 1 aromatic heterocycles. The molecule has 1 aromatic carbocycles. The van der Waals surface area contributed by atoms with Crippen molar-refractivity contribution in [3.63, 3.8) is 0 Å². The summed E-state index contributed by atoms with van der Waals surface area (Å²) in [6.45, 7) is 2.25. The fourth-order valence-electron chi connectivity index (χ4n) is 4.59. The molecule has 8 nitrogen and oxygen atoms in total.